The molecule has 5 heteroatoms. The van der Waals surface area contributed by atoms with E-state index in [1.165, 1.54) is 0 Å². The van der Waals surface area contributed by atoms with Crippen molar-refractivity contribution >= 4 is 11.9 Å². The summed E-state index contributed by atoms with van der Waals surface area (Å²) in [6.45, 7) is 0.504. The third-order valence-electron chi connectivity index (χ3n) is 2.44. The van der Waals surface area contributed by atoms with Crippen molar-refractivity contribution in [2.45, 2.75) is 13.0 Å². The first-order valence-corrected chi connectivity index (χ1v) is 5.62. The molecule has 18 heavy (non-hydrogen) atoms. The number of nitrogens with zero attached hydrogens (tertiary/aromatic N) is 2. The number of anilines is 1. The predicted octanol–water partition coefficient (Wildman–Crippen LogP) is 1.12. The minimum absolute atomic E-state index is 0.137. The molecule has 0 aliphatic heterocycles. The van der Waals surface area contributed by atoms with Crippen molar-refractivity contribution in [3.05, 3.63) is 53.9 Å². The number of benzene rings is 1. The third kappa shape index (κ3) is 3.36. The molecule has 2 rings (SSSR count). The molecule has 0 saturated heterocycles. The lowest BCUT2D eigenvalue weighted by atomic mass is 10.1. The Labute approximate surface area is 105 Å². The van der Waals surface area contributed by atoms with Gasteiger partial charge in [-0.3, -0.25) is 10.1 Å². The van der Waals surface area contributed by atoms with E-state index in [9.17, 15) is 4.79 Å². The number of carbonyl (C=O) groups excluding carboxylic acids is 1. The smallest absolute Gasteiger partial charge is 0.231 e. The van der Waals surface area contributed by atoms with Crippen LogP contribution in [0.2, 0.25) is 0 Å². The van der Waals surface area contributed by atoms with Gasteiger partial charge >= 0.3 is 0 Å². The zero-order valence-electron chi connectivity index (χ0n) is 9.84. The molecule has 0 radical (unpaired) electrons. The fraction of sp³-hybridized carbons (Fsp3) is 0.154. The van der Waals surface area contributed by atoms with Crippen LogP contribution in [0.15, 0.2) is 42.7 Å². The molecule has 1 heterocycles. The summed E-state index contributed by atoms with van der Waals surface area (Å²) in [4.78, 5) is 19.6. The van der Waals surface area contributed by atoms with Crippen LogP contribution < -0.4 is 11.1 Å². The van der Waals surface area contributed by atoms with Crippen LogP contribution in [-0.2, 0) is 17.8 Å². The van der Waals surface area contributed by atoms with Crippen LogP contribution in [0.4, 0.5) is 5.95 Å². The van der Waals surface area contributed by atoms with Crippen LogP contribution >= 0.6 is 0 Å². The van der Waals surface area contributed by atoms with E-state index in [1.807, 2.05) is 24.3 Å². The minimum atomic E-state index is -0.137. The Kier molecular flexibility index (Phi) is 3.98. The van der Waals surface area contributed by atoms with E-state index in [0.29, 0.717) is 18.9 Å². The number of carbonyl (C=O) groups is 1. The maximum absolute atomic E-state index is 11.7. The largest absolute Gasteiger partial charge is 0.326 e. The number of rotatable bonds is 4. The molecule has 0 aliphatic rings. The van der Waals surface area contributed by atoms with Crippen molar-refractivity contribution in [3.63, 3.8) is 0 Å². The highest BCUT2D eigenvalue weighted by Gasteiger charge is 2.05. The number of amides is 1. The van der Waals surface area contributed by atoms with Crippen LogP contribution in [-0.4, -0.2) is 15.9 Å². The quantitative estimate of drug-likeness (QED) is 0.841. The highest BCUT2D eigenvalue weighted by molar-refractivity contribution is 5.90. The third-order valence-corrected chi connectivity index (χ3v) is 2.44. The van der Waals surface area contributed by atoms with Crippen molar-refractivity contribution in [1.29, 1.82) is 0 Å². The van der Waals surface area contributed by atoms with E-state index in [2.05, 4.69) is 15.3 Å². The molecule has 92 valence electrons. The first-order valence-electron chi connectivity index (χ1n) is 5.62. The van der Waals surface area contributed by atoms with Gasteiger partial charge < -0.3 is 5.73 Å². The molecule has 1 amide bonds. The number of nitrogens with one attached hydrogen (secondary N) is 1. The Hall–Kier alpha value is -2.27. The van der Waals surface area contributed by atoms with E-state index in [-0.39, 0.29) is 5.91 Å². The minimum Gasteiger partial charge on any atom is -0.326 e. The van der Waals surface area contributed by atoms with E-state index < -0.39 is 0 Å². The lowest BCUT2D eigenvalue weighted by molar-refractivity contribution is -0.115. The topological polar surface area (TPSA) is 80.9 Å². The Morgan fingerprint density at radius 1 is 1.11 bits per heavy atom. The van der Waals surface area contributed by atoms with Gasteiger partial charge in [0.1, 0.15) is 0 Å². The fourth-order valence-corrected chi connectivity index (χ4v) is 1.51. The highest BCUT2D eigenvalue weighted by Crippen LogP contribution is 2.05. The van der Waals surface area contributed by atoms with Gasteiger partial charge in [-0.05, 0) is 17.2 Å². The Bertz CT molecular complexity index is 510. The van der Waals surface area contributed by atoms with E-state index in [1.54, 1.807) is 18.5 Å². The molecule has 5 nitrogen and oxygen atoms in total. The van der Waals surface area contributed by atoms with Gasteiger partial charge in [-0.25, -0.2) is 9.97 Å². The van der Waals surface area contributed by atoms with Crippen LogP contribution in [0, 0.1) is 0 Å². The van der Waals surface area contributed by atoms with Gasteiger partial charge in [0, 0.05) is 18.9 Å². The van der Waals surface area contributed by atoms with Gasteiger partial charge in [0.25, 0.3) is 0 Å². The second-order valence-electron chi connectivity index (χ2n) is 3.82. The summed E-state index contributed by atoms with van der Waals surface area (Å²) >= 11 is 0. The van der Waals surface area contributed by atoms with Gasteiger partial charge in [0.2, 0.25) is 11.9 Å². The zero-order valence-corrected chi connectivity index (χ0v) is 9.84. The standard InChI is InChI=1S/C13H14N4O/c14-9-11-4-2-10(3-5-11)8-12(18)17-13-15-6-1-7-16-13/h1-7H,8-9,14H2,(H,15,16,17,18). The molecular formula is C13H14N4O. The van der Waals surface area contributed by atoms with E-state index in [4.69, 9.17) is 5.73 Å². The number of hydrogen-bond donors (Lipinski definition) is 2. The molecule has 0 atom stereocenters. The second-order valence-corrected chi connectivity index (χ2v) is 3.82. The van der Waals surface area contributed by atoms with Gasteiger partial charge in [-0.2, -0.15) is 0 Å². The van der Waals surface area contributed by atoms with Gasteiger partial charge in [-0.15, -0.1) is 0 Å². The first kappa shape index (κ1) is 12.2. The van der Waals surface area contributed by atoms with E-state index in [0.717, 1.165) is 11.1 Å². The Morgan fingerprint density at radius 2 is 1.72 bits per heavy atom. The highest BCUT2D eigenvalue weighted by atomic mass is 16.1. The van der Waals surface area contributed by atoms with Gasteiger partial charge in [-0.1, -0.05) is 24.3 Å². The van der Waals surface area contributed by atoms with Crippen LogP contribution in [0.3, 0.4) is 0 Å². The van der Waals surface area contributed by atoms with Crippen LogP contribution in [0.5, 0.6) is 0 Å². The zero-order chi connectivity index (χ0) is 12.8. The number of nitrogens with two attached hydrogens (primary N) is 1. The molecule has 1 aromatic carbocycles. The van der Waals surface area contributed by atoms with Crippen molar-refractivity contribution in [1.82, 2.24) is 9.97 Å². The average molecular weight is 242 g/mol. The SMILES string of the molecule is NCc1ccc(CC(=O)Nc2ncccn2)cc1. The maximum Gasteiger partial charge on any atom is 0.231 e. The summed E-state index contributed by atoms with van der Waals surface area (Å²) < 4.78 is 0. The normalized spacial score (nSPS) is 10.1. The Balaban J connectivity index is 1.94. The van der Waals surface area contributed by atoms with Crippen molar-refractivity contribution in [2.24, 2.45) is 5.73 Å². The summed E-state index contributed by atoms with van der Waals surface area (Å²) in [5, 5.41) is 2.63. The summed E-state index contributed by atoms with van der Waals surface area (Å²) in [5.41, 5.74) is 7.49. The van der Waals surface area contributed by atoms with Gasteiger partial charge in [0.15, 0.2) is 0 Å². The molecule has 0 fully saturated rings. The second kappa shape index (κ2) is 5.88. The molecule has 0 unspecified atom stereocenters. The summed E-state index contributed by atoms with van der Waals surface area (Å²) in [6.07, 6.45) is 3.46. The number of hydrogen-bond acceptors (Lipinski definition) is 4. The summed E-state index contributed by atoms with van der Waals surface area (Å²) in [5.74, 6) is 0.183. The predicted molar refractivity (Wildman–Crippen MR) is 68.7 cm³/mol. The first-order chi connectivity index (χ1) is 8.78. The van der Waals surface area contributed by atoms with Crippen LogP contribution in [0.1, 0.15) is 11.1 Å². The van der Waals surface area contributed by atoms with Crippen molar-refractivity contribution in [3.8, 4) is 0 Å². The Morgan fingerprint density at radius 3 is 2.33 bits per heavy atom. The number of aromatic nitrogens is 2. The molecule has 0 saturated carbocycles. The van der Waals surface area contributed by atoms with Crippen molar-refractivity contribution in [2.75, 3.05) is 5.32 Å². The maximum atomic E-state index is 11.7. The molecule has 0 aliphatic carbocycles. The molecule has 1 aromatic heterocycles. The van der Waals surface area contributed by atoms with Gasteiger partial charge in [0.05, 0.1) is 6.42 Å². The summed E-state index contributed by atoms with van der Waals surface area (Å²) in [6, 6.07) is 9.33. The lowest BCUT2D eigenvalue weighted by Crippen LogP contribution is -2.16. The molecule has 2 aromatic rings. The van der Waals surface area contributed by atoms with Crippen LogP contribution in [0.25, 0.3) is 0 Å². The average Bonchev–Trinajstić information content (AvgIpc) is 2.40. The lowest BCUT2D eigenvalue weighted by Gasteiger charge is -2.04. The van der Waals surface area contributed by atoms with E-state index >= 15 is 0 Å². The molecule has 3 N–H and O–H groups in total. The fourth-order valence-electron chi connectivity index (χ4n) is 1.51. The monoisotopic (exact) mass is 242 g/mol. The molecular weight excluding hydrogens is 228 g/mol. The van der Waals surface area contributed by atoms with Crippen molar-refractivity contribution < 1.29 is 4.79 Å². The molecule has 0 bridgehead atoms. The summed E-state index contributed by atoms with van der Waals surface area (Å²) in [7, 11) is 0. The molecule has 0 spiro atoms.